The van der Waals surface area contributed by atoms with Gasteiger partial charge in [-0.05, 0) is 36.8 Å². The maximum atomic E-state index is 4.73. The fourth-order valence-corrected chi connectivity index (χ4v) is 2.21. The zero-order chi connectivity index (χ0) is 15.9. The van der Waals surface area contributed by atoms with Crippen LogP contribution >= 0.6 is 0 Å². The molecule has 4 heteroatoms. The van der Waals surface area contributed by atoms with Gasteiger partial charge in [0.15, 0.2) is 11.6 Å². The van der Waals surface area contributed by atoms with Crippen molar-refractivity contribution in [3.8, 4) is 0 Å². The summed E-state index contributed by atoms with van der Waals surface area (Å²) in [5.74, 6) is 3.09. The molecule has 0 radical (unpaired) electrons. The predicted molar refractivity (Wildman–Crippen MR) is 95.4 cm³/mol. The van der Waals surface area contributed by atoms with Crippen LogP contribution in [-0.2, 0) is 0 Å². The average Bonchev–Trinajstić information content (AvgIpc) is 2.46. The highest BCUT2D eigenvalue weighted by Gasteiger charge is 2.08. The van der Waals surface area contributed by atoms with Crippen molar-refractivity contribution in [3.63, 3.8) is 0 Å². The topological polar surface area (TPSA) is 49.8 Å². The van der Waals surface area contributed by atoms with Crippen molar-refractivity contribution < 1.29 is 0 Å². The molecule has 0 spiro atoms. The molecule has 2 N–H and O–H groups in total. The third kappa shape index (κ3) is 4.86. The molecule has 4 nitrogen and oxygen atoms in total. The molecule has 0 aliphatic rings. The van der Waals surface area contributed by atoms with E-state index < -0.39 is 0 Å². The minimum Gasteiger partial charge on any atom is -0.367 e. The predicted octanol–water partition coefficient (Wildman–Crippen LogP) is 4.55. The van der Waals surface area contributed by atoms with E-state index in [9.17, 15) is 0 Å². The fourth-order valence-electron chi connectivity index (χ4n) is 2.21. The molecule has 120 valence electrons. The van der Waals surface area contributed by atoms with Crippen LogP contribution in [0.25, 0.3) is 11.0 Å². The molecule has 0 fully saturated rings. The highest BCUT2D eigenvalue weighted by atomic mass is 15.1. The van der Waals surface area contributed by atoms with Crippen molar-refractivity contribution in [2.24, 2.45) is 11.8 Å². The average molecular weight is 300 g/mol. The molecule has 0 aliphatic heterocycles. The molecule has 0 bridgehead atoms. The second-order valence-electron chi connectivity index (χ2n) is 6.63. The Hall–Kier alpha value is -1.84. The molecule has 0 saturated heterocycles. The molecule has 0 saturated carbocycles. The van der Waals surface area contributed by atoms with Crippen LogP contribution in [0.15, 0.2) is 24.3 Å². The Labute approximate surface area is 133 Å². The Morgan fingerprint density at radius 2 is 1.18 bits per heavy atom. The van der Waals surface area contributed by atoms with Crippen LogP contribution in [0.5, 0.6) is 0 Å². The molecule has 2 aromatic rings. The first-order valence-electron chi connectivity index (χ1n) is 8.30. The van der Waals surface area contributed by atoms with Gasteiger partial charge in [0.05, 0.1) is 11.0 Å². The van der Waals surface area contributed by atoms with Crippen LogP contribution in [-0.4, -0.2) is 23.1 Å². The normalized spacial score (nSPS) is 11.4. The van der Waals surface area contributed by atoms with Crippen molar-refractivity contribution in [2.45, 2.75) is 40.5 Å². The van der Waals surface area contributed by atoms with Gasteiger partial charge in [0, 0.05) is 13.1 Å². The lowest BCUT2D eigenvalue weighted by molar-refractivity contribution is 0.604. The first kappa shape index (κ1) is 16.5. The molecule has 22 heavy (non-hydrogen) atoms. The van der Waals surface area contributed by atoms with Crippen LogP contribution in [0.2, 0.25) is 0 Å². The van der Waals surface area contributed by atoms with E-state index in [1.165, 1.54) is 0 Å². The van der Waals surface area contributed by atoms with Crippen molar-refractivity contribution in [1.82, 2.24) is 9.97 Å². The van der Waals surface area contributed by atoms with E-state index in [-0.39, 0.29) is 0 Å². The summed E-state index contributed by atoms with van der Waals surface area (Å²) < 4.78 is 0. The summed E-state index contributed by atoms with van der Waals surface area (Å²) in [6, 6.07) is 8.02. The van der Waals surface area contributed by atoms with Gasteiger partial charge in [-0.15, -0.1) is 0 Å². The van der Waals surface area contributed by atoms with E-state index in [1.807, 2.05) is 24.3 Å². The molecule has 1 heterocycles. The van der Waals surface area contributed by atoms with Crippen molar-refractivity contribution in [3.05, 3.63) is 24.3 Å². The van der Waals surface area contributed by atoms with Crippen molar-refractivity contribution in [2.75, 3.05) is 23.7 Å². The van der Waals surface area contributed by atoms with E-state index in [1.54, 1.807) is 0 Å². The summed E-state index contributed by atoms with van der Waals surface area (Å²) >= 11 is 0. The van der Waals surface area contributed by atoms with Crippen molar-refractivity contribution in [1.29, 1.82) is 0 Å². The number of hydrogen-bond acceptors (Lipinski definition) is 4. The number of fused-ring (bicyclic) bond motifs is 1. The molecule has 0 aliphatic carbocycles. The molecule has 2 rings (SSSR count). The minimum absolute atomic E-state index is 0.679. The molecule has 0 atom stereocenters. The second-order valence-corrected chi connectivity index (χ2v) is 6.63. The molecule has 0 unspecified atom stereocenters. The number of nitrogens with one attached hydrogen (secondary N) is 2. The van der Waals surface area contributed by atoms with Gasteiger partial charge in [-0.2, -0.15) is 0 Å². The second kappa shape index (κ2) is 7.97. The standard InChI is InChI=1S/C18H28N4/c1-13(2)9-11-19-17-18(20-12-10-14(3)4)22-16-8-6-5-7-15(16)21-17/h5-8,13-14H,9-12H2,1-4H3,(H,19,21)(H,20,22). The summed E-state index contributed by atoms with van der Waals surface area (Å²) in [7, 11) is 0. The van der Waals surface area contributed by atoms with Crippen LogP contribution in [0.4, 0.5) is 11.6 Å². The van der Waals surface area contributed by atoms with Gasteiger partial charge >= 0.3 is 0 Å². The quantitative estimate of drug-likeness (QED) is 0.751. The number of hydrogen-bond donors (Lipinski definition) is 2. The third-order valence-corrected chi connectivity index (χ3v) is 3.60. The van der Waals surface area contributed by atoms with Gasteiger partial charge in [-0.25, -0.2) is 9.97 Å². The number of para-hydroxylation sites is 2. The number of benzene rings is 1. The van der Waals surface area contributed by atoms with Crippen LogP contribution < -0.4 is 10.6 Å². The lowest BCUT2D eigenvalue weighted by Gasteiger charge is -2.14. The van der Waals surface area contributed by atoms with Crippen LogP contribution in [0.3, 0.4) is 0 Å². The molecule has 0 amide bonds. The highest BCUT2D eigenvalue weighted by Crippen LogP contribution is 2.21. The lowest BCUT2D eigenvalue weighted by atomic mass is 10.1. The summed E-state index contributed by atoms with van der Waals surface area (Å²) in [5.41, 5.74) is 1.87. The molecular weight excluding hydrogens is 272 g/mol. The van der Waals surface area contributed by atoms with E-state index in [0.29, 0.717) is 11.8 Å². The minimum atomic E-state index is 0.679. The third-order valence-electron chi connectivity index (χ3n) is 3.60. The number of aromatic nitrogens is 2. The Bertz CT molecular complexity index is 540. The number of nitrogens with zero attached hydrogens (tertiary/aromatic N) is 2. The fraction of sp³-hybridized carbons (Fsp3) is 0.556. The van der Waals surface area contributed by atoms with E-state index in [0.717, 1.165) is 48.6 Å². The Balaban J connectivity index is 2.16. The monoisotopic (exact) mass is 300 g/mol. The maximum Gasteiger partial charge on any atom is 0.169 e. The first-order valence-corrected chi connectivity index (χ1v) is 8.30. The summed E-state index contributed by atoms with van der Waals surface area (Å²) in [5, 5.41) is 6.88. The SMILES string of the molecule is CC(C)CCNc1nc2ccccc2nc1NCCC(C)C. The Kier molecular flexibility index (Phi) is 5.99. The molecule has 1 aromatic carbocycles. The highest BCUT2D eigenvalue weighted by molar-refractivity contribution is 5.80. The summed E-state index contributed by atoms with van der Waals surface area (Å²) in [4.78, 5) is 9.47. The Morgan fingerprint density at radius 3 is 1.55 bits per heavy atom. The van der Waals surface area contributed by atoms with Crippen molar-refractivity contribution >= 4 is 22.7 Å². The van der Waals surface area contributed by atoms with E-state index in [4.69, 9.17) is 9.97 Å². The van der Waals surface area contributed by atoms with Gasteiger partial charge < -0.3 is 10.6 Å². The van der Waals surface area contributed by atoms with E-state index in [2.05, 4.69) is 38.3 Å². The van der Waals surface area contributed by atoms with Gasteiger partial charge in [-0.3, -0.25) is 0 Å². The summed E-state index contributed by atoms with van der Waals surface area (Å²) in [6.45, 7) is 10.8. The molecular formula is C18H28N4. The zero-order valence-electron chi connectivity index (χ0n) is 14.2. The van der Waals surface area contributed by atoms with Gasteiger partial charge in [0.1, 0.15) is 0 Å². The number of rotatable bonds is 8. The van der Waals surface area contributed by atoms with Crippen LogP contribution in [0, 0.1) is 11.8 Å². The van der Waals surface area contributed by atoms with Gasteiger partial charge in [-0.1, -0.05) is 39.8 Å². The Morgan fingerprint density at radius 1 is 0.773 bits per heavy atom. The number of anilines is 2. The van der Waals surface area contributed by atoms with Gasteiger partial charge in [0.25, 0.3) is 0 Å². The lowest BCUT2D eigenvalue weighted by Crippen LogP contribution is -2.13. The smallest absolute Gasteiger partial charge is 0.169 e. The summed E-state index contributed by atoms with van der Waals surface area (Å²) in [6.07, 6.45) is 2.25. The first-order chi connectivity index (χ1) is 10.6. The van der Waals surface area contributed by atoms with Crippen LogP contribution in [0.1, 0.15) is 40.5 Å². The largest absolute Gasteiger partial charge is 0.367 e. The molecule has 1 aromatic heterocycles. The van der Waals surface area contributed by atoms with Gasteiger partial charge in [0.2, 0.25) is 0 Å². The maximum absolute atomic E-state index is 4.73. The zero-order valence-corrected chi connectivity index (χ0v) is 14.2. The van der Waals surface area contributed by atoms with E-state index >= 15 is 0 Å².